The van der Waals surface area contributed by atoms with Crippen molar-refractivity contribution in [3.05, 3.63) is 97.7 Å². The van der Waals surface area contributed by atoms with E-state index in [9.17, 15) is 9.59 Å². The van der Waals surface area contributed by atoms with Crippen LogP contribution < -0.4 is 16.1 Å². The van der Waals surface area contributed by atoms with Gasteiger partial charge in [-0.05, 0) is 23.3 Å². The summed E-state index contributed by atoms with van der Waals surface area (Å²) in [4.78, 5) is 36.8. The van der Waals surface area contributed by atoms with Gasteiger partial charge in [0.25, 0.3) is 5.56 Å². The Labute approximate surface area is 207 Å². The van der Waals surface area contributed by atoms with Crippen LogP contribution in [0.5, 0.6) is 0 Å². The predicted molar refractivity (Wildman–Crippen MR) is 140 cm³/mol. The zero-order valence-corrected chi connectivity index (χ0v) is 20.3. The maximum absolute atomic E-state index is 12.8. The average Bonchev–Trinajstić information content (AvgIpc) is 3.23. The van der Waals surface area contributed by atoms with Crippen LogP contribution >= 0.6 is 11.6 Å². The molecule has 2 aromatic heterocycles. The number of rotatable bonds is 6. The quantitative estimate of drug-likeness (QED) is 0.449. The number of hydrogen-bond donors (Lipinski definition) is 1. The Morgan fingerprint density at radius 2 is 1.80 bits per heavy atom. The Hall–Kier alpha value is -3.62. The van der Waals surface area contributed by atoms with Crippen LogP contribution in [-0.2, 0) is 13.6 Å². The summed E-state index contributed by atoms with van der Waals surface area (Å²) in [5.74, 6) is 0.686. The van der Waals surface area contributed by atoms with E-state index in [0.717, 1.165) is 38.3 Å². The molecule has 180 valence electrons. The third-order valence-electron chi connectivity index (χ3n) is 6.35. The number of halogens is 1. The standard InChI is InChI=1S/C26H27ClN6O2/c1-30-23-22(24(34)29-26(30)35)33(18-20-9-5-11-21(27)17-20)25(28-23)32-15-13-31(14-16-32)12-6-10-19-7-3-2-4-8-19/h2-11,17H,12-16,18H2,1H3,(H,29,34,35)/b10-6+. The van der Waals surface area contributed by atoms with Crippen molar-refractivity contribution in [1.82, 2.24) is 24.0 Å². The maximum Gasteiger partial charge on any atom is 0.329 e. The van der Waals surface area contributed by atoms with Crippen LogP contribution in [0.15, 0.2) is 70.3 Å². The van der Waals surface area contributed by atoms with Gasteiger partial charge in [-0.25, -0.2) is 4.79 Å². The van der Waals surface area contributed by atoms with Gasteiger partial charge in [-0.15, -0.1) is 0 Å². The molecule has 0 bridgehead atoms. The molecule has 0 spiro atoms. The molecule has 1 fully saturated rings. The average molecular weight is 491 g/mol. The van der Waals surface area contributed by atoms with Gasteiger partial charge in [-0.2, -0.15) is 4.98 Å². The van der Waals surface area contributed by atoms with Gasteiger partial charge < -0.3 is 4.90 Å². The molecule has 1 N–H and O–H groups in total. The van der Waals surface area contributed by atoms with Crippen molar-refractivity contribution in [1.29, 1.82) is 0 Å². The summed E-state index contributed by atoms with van der Waals surface area (Å²) in [6.45, 7) is 4.57. The van der Waals surface area contributed by atoms with Crippen LogP contribution in [0.2, 0.25) is 5.02 Å². The van der Waals surface area contributed by atoms with Crippen LogP contribution in [0.3, 0.4) is 0 Å². The largest absolute Gasteiger partial charge is 0.340 e. The van der Waals surface area contributed by atoms with Gasteiger partial charge in [0.2, 0.25) is 5.95 Å². The number of fused-ring (bicyclic) bond motifs is 1. The molecule has 0 saturated carbocycles. The highest BCUT2D eigenvalue weighted by Crippen LogP contribution is 2.23. The number of aromatic nitrogens is 4. The summed E-state index contributed by atoms with van der Waals surface area (Å²) in [6.07, 6.45) is 4.33. The smallest absolute Gasteiger partial charge is 0.329 e. The molecule has 3 heterocycles. The van der Waals surface area contributed by atoms with Crippen LogP contribution in [0.1, 0.15) is 11.1 Å². The van der Waals surface area contributed by atoms with Crippen molar-refractivity contribution in [3.63, 3.8) is 0 Å². The Kier molecular flexibility index (Phi) is 6.57. The zero-order valence-electron chi connectivity index (χ0n) is 19.5. The minimum atomic E-state index is -0.475. The molecule has 1 aliphatic heterocycles. The summed E-state index contributed by atoms with van der Waals surface area (Å²) in [7, 11) is 1.62. The highest BCUT2D eigenvalue weighted by atomic mass is 35.5. The van der Waals surface area contributed by atoms with Gasteiger partial charge in [0.1, 0.15) is 0 Å². The molecule has 0 radical (unpaired) electrons. The van der Waals surface area contributed by atoms with Gasteiger partial charge in [0, 0.05) is 44.8 Å². The van der Waals surface area contributed by atoms with E-state index in [4.69, 9.17) is 16.6 Å². The lowest BCUT2D eigenvalue weighted by Crippen LogP contribution is -2.47. The molecule has 0 unspecified atom stereocenters. The van der Waals surface area contributed by atoms with E-state index in [-0.39, 0.29) is 0 Å². The zero-order chi connectivity index (χ0) is 24.4. The molecule has 0 aliphatic carbocycles. The van der Waals surface area contributed by atoms with Crippen molar-refractivity contribution in [3.8, 4) is 0 Å². The fraction of sp³-hybridized carbons (Fsp3) is 0.269. The van der Waals surface area contributed by atoms with Gasteiger partial charge in [-0.3, -0.25) is 23.8 Å². The fourth-order valence-corrected chi connectivity index (χ4v) is 4.68. The lowest BCUT2D eigenvalue weighted by molar-refractivity contribution is 0.282. The second-order valence-electron chi connectivity index (χ2n) is 8.72. The Bertz CT molecular complexity index is 1480. The maximum atomic E-state index is 12.8. The van der Waals surface area contributed by atoms with Crippen molar-refractivity contribution >= 4 is 34.8 Å². The van der Waals surface area contributed by atoms with E-state index in [0.29, 0.717) is 28.7 Å². The van der Waals surface area contributed by atoms with Crippen LogP contribution in [-0.4, -0.2) is 56.7 Å². The van der Waals surface area contributed by atoms with E-state index >= 15 is 0 Å². The molecule has 8 nitrogen and oxygen atoms in total. The molecule has 5 rings (SSSR count). The second-order valence-corrected chi connectivity index (χ2v) is 9.16. The number of imidazole rings is 1. The molecule has 35 heavy (non-hydrogen) atoms. The van der Waals surface area contributed by atoms with Crippen molar-refractivity contribution < 1.29 is 0 Å². The molecule has 1 saturated heterocycles. The Morgan fingerprint density at radius 3 is 2.54 bits per heavy atom. The number of benzene rings is 2. The molecule has 2 aromatic carbocycles. The number of H-pyrrole nitrogens is 1. The molecular weight excluding hydrogens is 464 g/mol. The predicted octanol–water partition coefficient (Wildman–Crippen LogP) is 2.96. The van der Waals surface area contributed by atoms with E-state index in [1.807, 2.05) is 47.0 Å². The third-order valence-corrected chi connectivity index (χ3v) is 6.58. The first kappa shape index (κ1) is 23.1. The summed E-state index contributed by atoms with van der Waals surface area (Å²) in [5.41, 5.74) is 2.00. The van der Waals surface area contributed by atoms with Gasteiger partial charge in [-0.1, -0.05) is 66.2 Å². The number of aryl methyl sites for hydroxylation is 1. The summed E-state index contributed by atoms with van der Waals surface area (Å²) < 4.78 is 3.28. The molecule has 1 aliphatic rings. The number of hydrogen-bond acceptors (Lipinski definition) is 5. The molecule has 0 atom stereocenters. The fourth-order valence-electron chi connectivity index (χ4n) is 4.46. The molecular formula is C26H27ClN6O2. The SMILES string of the molecule is Cn1c(=O)[nH]c(=O)c2c1nc(N1CCN(C/C=C/c3ccccc3)CC1)n2Cc1cccc(Cl)c1. The van der Waals surface area contributed by atoms with Crippen LogP contribution in [0.25, 0.3) is 17.2 Å². The lowest BCUT2D eigenvalue weighted by Gasteiger charge is -2.35. The summed E-state index contributed by atoms with van der Waals surface area (Å²) >= 11 is 6.21. The number of nitrogens with one attached hydrogen (secondary N) is 1. The van der Waals surface area contributed by atoms with Gasteiger partial charge in [0.05, 0.1) is 6.54 Å². The first-order chi connectivity index (χ1) is 17.0. The van der Waals surface area contributed by atoms with Crippen LogP contribution in [0, 0.1) is 0 Å². The van der Waals surface area contributed by atoms with E-state index in [2.05, 4.69) is 39.1 Å². The molecule has 0 amide bonds. The summed E-state index contributed by atoms with van der Waals surface area (Å²) in [6, 6.07) is 17.8. The molecule has 9 heteroatoms. The number of piperazine rings is 1. The Balaban J connectivity index is 1.40. The normalized spacial score (nSPS) is 14.9. The number of nitrogens with zero attached hydrogens (tertiary/aromatic N) is 5. The van der Waals surface area contributed by atoms with E-state index < -0.39 is 11.2 Å². The van der Waals surface area contributed by atoms with Gasteiger partial charge >= 0.3 is 5.69 Å². The molecule has 4 aromatic rings. The minimum Gasteiger partial charge on any atom is -0.340 e. The monoisotopic (exact) mass is 490 g/mol. The number of anilines is 1. The van der Waals surface area contributed by atoms with Crippen LogP contribution in [0.4, 0.5) is 5.95 Å². The number of aromatic amines is 1. The van der Waals surface area contributed by atoms with Crippen molar-refractivity contribution in [2.24, 2.45) is 7.05 Å². The first-order valence-corrected chi connectivity index (χ1v) is 12.0. The highest BCUT2D eigenvalue weighted by molar-refractivity contribution is 6.30. The van der Waals surface area contributed by atoms with Gasteiger partial charge in [0.15, 0.2) is 11.2 Å². The minimum absolute atomic E-state index is 0.379. The van der Waals surface area contributed by atoms with E-state index in [1.165, 1.54) is 10.1 Å². The van der Waals surface area contributed by atoms with Crippen molar-refractivity contribution in [2.75, 3.05) is 37.6 Å². The topological polar surface area (TPSA) is 79.2 Å². The third kappa shape index (κ3) is 4.94. The van der Waals surface area contributed by atoms with Crippen molar-refractivity contribution in [2.45, 2.75) is 6.54 Å². The summed E-state index contributed by atoms with van der Waals surface area (Å²) in [5, 5.41) is 0.631. The highest BCUT2D eigenvalue weighted by Gasteiger charge is 2.24. The lowest BCUT2D eigenvalue weighted by atomic mass is 10.2. The first-order valence-electron chi connectivity index (χ1n) is 11.6. The van der Waals surface area contributed by atoms with E-state index in [1.54, 1.807) is 7.05 Å². The Morgan fingerprint density at radius 1 is 1.03 bits per heavy atom. The second kappa shape index (κ2) is 9.93.